The standard InChI is InChI=1S/C17H11F2NO2S/c18-8-5-6-11(12(19)7-8)17-20-13-14(21)9-3-1-2-4-10(9)15(22)16(13)23-17/h1-7,14-15,21-22H. The van der Waals surface area contributed by atoms with Crippen molar-refractivity contribution in [1.82, 2.24) is 4.98 Å². The van der Waals surface area contributed by atoms with Crippen molar-refractivity contribution in [3.05, 3.63) is 75.8 Å². The Labute approximate surface area is 134 Å². The second-order valence-corrected chi connectivity index (χ2v) is 6.36. The number of benzene rings is 2. The Bertz CT molecular complexity index is 863. The van der Waals surface area contributed by atoms with Crippen LogP contribution in [0.3, 0.4) is 0 Å². The van der Waals surface area contributed by atoms with Crippen molar-refractivity contribution in [2.45, 2.75) is 12.2 Å². The summed E-state index contributed by atoms with van der Waals surface area (Å²) in [5.74, 6) is -1.39. The van der Waals surface area contributed by atoms with E-state index in [2.05, 4.69) is 4.98 Å². The molecule has 2 aromatic carbocycles. The van der Waals surface area contributed by atoms with Gasteiger partial charge >= 0.3 is 0 Å². The molecule has 3 aromatic rings. The second-order valence-electron chi connectivity index (χ2n) is 5.33. The lowest BCUT2D eigenvalue weighted by Crippen LogP contribution is -2.16. The van der Waals surface area contributed by atoms with E-state index in [1.165, 1.54) is 6.07 Å². The Hall–Kier alpha value is -2.15. The van der Waals surface area contributed by atoms with Crippen molar-refractivity contribution in [2.75, 3.05) is 0 Å². The van der Waals surface area contributed by atoms with E-state index in [-0.39, 0.29) is 5.56 Å². The van der Waals surface area contributed by atoms with Crippen LogP contribution in [0, 0.1) is 11.6 Å². The Morgan fingerprint density at radius 1 is 0.957 bits per heavy atom. The number of halogens is 2. The number of fused-ring (bicyclic) bond motifs is 2. The minimum atomic E-state index is -0.974. The highest BCUT2D eigenvalue weighted by atomic mass is 32.1. The molecule has 1 aliphatic rings. The Morgan fingerprint density at radius 2 is 1.65 bits per heavy atom. The molecule has 23 heavy (non-hydrogen) atoms. The quantitative estimate of drug-likeness (QED) is 0.717. The fourth-order valence-electron chi connectivity index (χ4n) is 2.81. The smallest absolute Gasteiger partial charge is 0.136 e. The average molecular weight is 331 g/mol. The molecule has 0 amide bonds. The highest BCUT2D eigenvalue weighted by Crippen LogP contribution is 2.45. The SMILES string of the molecule is OC1c2ccccc2C(O)c2sc(-c3ccc(F)cc3F)nc21. The molecular weight excluding hydrogens is 320 g/mol. The summed E-state index contributed by atoms with van der Waals surface area (Å²) in [5.41, 5.74) is 1.67. The molecule has 3 nitrogen and oxygen atoms in total. The van der Waals surface area contributed by atoms with Crippen LogP contribution in [0.15, 0.2) is 42.5 Å². The summed E-state index contributed by atoms with van der Waals surface area (Å²) >= 11 is 1.10. The van der Waals surface area contributed by atoms with Crippen LogP contribution in [0.5, 0.6) is 0 Å². The molecule has 116 valence electrons. The van der Waals surface area contributed by atoms with Crippen LogP contribution in [0.2, 0.25) is 0 Å². The molecule has 2 unspecified atom stereocenters. The number of hydrogen-bond donors (Lipinski definition) is 2. The number of hydrogen-bond acceptors (Lipinski definition) is 4. The number of nitrogens with zero attached hydrogens (tertiary/aromatic N) is 1. The number of aliphatic hydroxyl groups is 2. The summed E-state index contributed by atoms with van der Waals surface area (Å²) in [5, 5.41) is 21.3. The molecule has 2 N–H and O–H groups in total. The van der Waals surface area contributed by atoms with Gasteiger partial charge in [0.05, 0.1) is 10.6 Å². The molecule has 0 aliphatic heterocycles. The maximum Gasteiger partial charge on any atom is 0.136 e. The topological polar surface area (TPSA) is 53.4 Å². The monoisotopic (exact) mass is 331 g/mol. The molecule has 0 saturated heterocycles. The van der Waals surface area contributed by atoms with Gasteiger partial charge in [-0.25, -0.2) is 13.8 Å². The molecule has 0 saturated carbocycles. The highest BCUT2D eigenvalue weighted by Gasteiger charge is 2.34. The van der Waals surface area contributed by atoms with Gasteiger partial charge in [0, 0.05) is 11.6 Å². The predicted molar refractivity (Wildman–Crippen MR) is 82.0 cm³/mol. The van der Waals surface area contributed by atoms with Gasteiger partial charge in [-0.05, 0) is 23.3 Å². The lowest BCUT2D eigenvalue weighted by molar-refractivity contribution is 0.173. The van der Waals surface area contributed by atoms with E-state index in [1.807, 2.05) is 0 Å². The van der Waals surface area contributed by atoms with E-state index in [9.17, 15) is 19.0 Å². The largest absolute Gasteiger partial charge is 0.383 e. The van der Waals surface area contributed by atoms with Crippen molar-refractivity contribution in [3.63, 3.8) is 0 Å². The first kappa shape index (κ1) is 14.4. The van der Waals surface area contributed by atoms with Crippen LogP contribution in [-0.4, -0.2) is 15.2 Å². The molecule has 4 rings (SSSR count). The van der Waals surface area contributed by atoms with Crippen LogP contribution < -0.4 is 0 Å². The van der Waals surface area contributed by atoms with Crippen molar-refractivity contribution in [3.8, 4) is 10.6 Å². The van der Waals surface area contributed by atoms with Crippen molar-refractivity contribution in [2.24, 2.45) is 0 Å². The Kier molecular flexibility index (Phi) is 3.26. The number of thiazole rings is 1. The van der Waals surface area contributed by atoms with Crippen LogP contribution >= 0.6 is 11.3 Å². The average Bonchev–Trinajstić information content (AvgIpc) is 2.98. The lowest BCUT2D eigenvalue weighted by atomic mass is 9.89. The fourth-order valence-corrected chi connectivity index (χ4v) is 3.94. The van der Waals surface area contributed by atoms with Crippen LogP contribution in [-0.2, 0) is 0 Å². The zero-order valence-electron chi connectivity index (χ0n) is 11.7. The van der Waals surface area contributed by atoms with Gasteiger partial charge in [-0.1, -0.05) is 24.3 Å². The molecule has 1 aromatic heterocycles. The summed E-state index contributed by atoms with van der Waals surface area (Å²) in [6.45, 7) is 0. The maximum atomic E-state index is 14.0. The van der Waals surface area contributed by atoms with Crippen molar-refractivity contribution < 1.29 is 19.0 Å². The van der Waals surface area contributed by atoms with E-state index in [0.29, 0.717) is 26.7 Å². The molecule has 1 aliphatic carbocycles. The van der Waals surface area contributed by atoms with E-state index < -0.39 is 23.8 Å². The summed E-state index contributed by atoms with van der Waals surface area (Å²) in [6.07, 6.45) is -1.89. The Morgan fingerprint density at radius 3 is 2.35 bits per heavy atom. The van der Waals surface area contributed by atoms with E-state index >= 15 is 0 Å². The predicted octanol–water partition coefficient (Wildman–Crippen LogP) is 3.57. The zero-order chi connectivity index (χ0) is 16.1. The molecule has 0 fully saturated rings. The minimum Gasteiger partial charge on any atom is -0.383 e. The minimum absolute atomic E-state index is 0.147. The molecule has 0 spiro atoms. The summed E-state index contributed by atoms with van der Waals surface area (Å²) in [4.78, 5) is 4.77. The molecular formula is C17H11F2NO2S. The first-order chi connectivity index (χ1) is 11.1. The Balaban J connectivity index is 1.87. The van der Waals surface area contributed by atoms with Gasteiger partial charge in [0.2, 0.25) is 0 Å². The molecule has 0 radical (unpaired) electrons. The number of rotatable bonds is 1. The maximum absolute atomic E-state index is 14.0. The van der Waals surface area contributed by atoms with Gasteiger partial charge in [-0.3, -0.25) is 0 Å². The number of aromatic nitrogens is 1. The summed E-state index contributed by atoms with van der Waals surface area (Å²) in [7, 11) is 0. The van der Waals surface area contributed by atoms with E-state index in [4.69, 9.17) is 0 Å². The normalized spacial score (nSPS) is 19.3. The van der Waals surface area contributed by atoms with Gasteiger partial charge in [-0.2, -0.15) is 0 Å². The van der Waals surface area contributed by atoms with Crippen molar-refractivity contribution >= 4 is 11.3 Å². The lowest BCUT2D eigenvalue weighted by Gasteiger charge is -2.24. The van der Waals surface area contributed by atoms with E-state index in [0.717, 1.165) is 23.5 Å². The first-order valence-electron chi connectivity index (χ1n) is 6.97. The molecule has 0 bridgehead atoms. The van der Waals surface area contributed by atoms with Gasteiger partial charge in [-0.15, -0.1) is 11.3 Å². The first-order valence-corrected chi connectivity index (χ1v) is 7.79. The second kappa shape index (κ2) is 5.19. The van der Waals surface area contributed by atoms with Crippen LogP contribution in [0.25, 0.3) is 10.6 Å². The third-order valence-corrected chi connectivity index (χ3v) is 5.09. The third kappa shape index (κ3) is 2.18. The molecule has 1 heterocycles. The molecule has 6 heteroatoms. The fraction of sp³-hybridized carbons (Fsp3) is 0.118. The van der Waals surface area contributed by atoms with Crippen LogP contribution in [0.1, 0.15) is 33.9 Å². The van der Waals surface area contributed by atoms with Crippen molar-refractivity contribution in [1.29, 1.82) is 0 Å². The zero-order valence-corrected chi connectivity index (χ0v) is 12.5. The van der Waals surface area contributed by atoms with Gasteiger partial charge < -0.3 is 10.2 Å². The summed E-state index contributed by atoms with van der Waals surface area (Å²) < 4.78 is 27.0. The van der Waals surface area contributed by atoms with Gasteiger partial charge in [0.25, 0.3) is 0 Å². The van der Waals surface area contributed by atoms with E-state index in [1.54, 1.807) is 24.3 Å². The molecule has 2 atom stereocenters. The highest BCUT2D eigenvalue weighted by molar-refractivity contribution is 7.15. The van der Waals surface area contributed by atoms with Gasteiger partial charge in [0.15, 0.2) is 0 Å². The number of aliphatic hydroxyl groups excluding tert-OH is 2. The third-order valence-electron chi connectivity index (χ3n) is 3.94. The summed E-state index contributed by atoms with van der Waals surface area (Å²) in [6, 6.07) is 10.3. The van der Waals surface area contributed by atoms with Crippen LogP contribution in [0.4, 0.5) is 8.78 Å². The van der Waals surface area contributed by atoms with Gasteiger partial charge in [0.1, 0.15) is 28.8 Å².